The molecule has 2 saturated heterocycles. The van der Waals surface area contributed by atoms with E-state index in [4.69, 9.17) is 0 Å². The minimum absolute atomic E-state index is 0.435. The van der Waals surface area contributed by atoms with Gasteiger partial charge in [0.25, 0.3) is 0 Å². The van der Waals surface area contributed by atoms with Crippen LogP contribution >= 0.6 is 0 Å². The molecular weight excluding hydrogens is 160 g/mol. The van der Waals surface area contributed by atoms with Gasteiger partial charge in [-0.25, -0.2) is 0 Å². The molecule has 3 rings (SSSR count). The van der Waals surface area contributed by atoms with Gasteiger partial charge in [0, 0.05) is 18.1 Å². The Bertz CT molecular complexity index is 184. The normalized spacial score (nSPS) is 43.4. The lowest BCUT2D eigenvalue weighted by Crippen LogP contribution is -2.68. The standard InChI is InChI=1S/C11H22N2/c1-4-5-13(3)11(2)8-12-10-6-9(11)7-10/h9-10,12H,4-8H2,1-3H3/t9?,10?,11-/m1/s1. The Kier molecular flexibility index (Phi) is 2.37. The summed E-state index contributed by atoms with van der Waals surface area (Å²) >= 11 is 0. The third-order valence-electron chi connectivity index (χ3n) is 4.20. The van der Waals surface area contributed by atoms with Crippen LogP contribution in [0.5, 0.6) is 0 Å². The summed E-state index contributed by atoms with van der Waals surface area (Å²) < 4.78 is 0. The van der Waals surface area contributed by atoms with Crippen molar-refractivity contribution >= 4 is 0 Å². The van der Waals surface area contributed by atoms with E-state index >= 15 is 0 Å². The first kappa shape index (κ1) is 9.47. The number of hydrogen-bond acceptors (Lipinski definition) is 2. The van der Waals surface area contributed by atoms with Gasteiger partial charge in [0.2, 0.25) is 0 Å². The minimum atomic E-state index is 0.435. The molecule has 1 aliphatic carbocycles. The highest BCUT2D eigenvalue weighted by atomic mass is 15.2. The van der Waals surface area contributed by atoms with Crippen LogP contribution in [0.15, 0.2) is 0 Å². The van der Waals surface area contributed by atoms with Gasteiger partial charge in [-0.15, -0.1) is 0 Å². The van der Waals surface area contributed by atoms with Gasteiger partial charge >= 0.3 is 0 Å². The van der Waals surface area contributed by atoms with Gasteiger partial charge in [-0.2, -0.15) is 0 Å². The highest BCUT2D eigenvalue weighted by Gasteiger charge is 2.49. The SMILES string of the molecule is CCCN(C)[C@]1(C)CNC2CC1C2. The van der Waals surface area contributed by atoms with Crippen LogP contribution in [0, 0.1) is 5.92 Å². The second-order valence-electron chi connectivity index (χ2n) is 5.02. The van der Waals surface area contributed by atoms with Crippen LogP contribution in [0.2, 0.25) is 0 Å². The number of fused-ring (bicyclic) bond motifs is 2. The van der Waals surface area contributed by atoms with Crippen molar-refractivity contribution in [3.05, 3.63) is 0 Å². The molecule has 3 aliphatic rings. The third-order valence-corrected chi connectivity index (χ3v) is 4.20. The van der Waals surface area contributed by atoms with E-state index in [1.807, 2.05) is 0 Å². The predicted molar refractivity (Wildman–Crippen MR) is 55.8 cm³/mol. The molecule has 1 N–H and O–H groups in total. The number of rotatable bonds is 3. The van der Waals surface area contributed by atoms with Crippen molar-refractivity contribution < 1.29 is 0 Å². The Morgan fingerprint density at radius 1 is 1.46 bits per heavy atom. The molecule has 2 aliphatic heterocycles. The highest BCUT2D eigenvalue weighted by molar-refractivity contribution is 5.07. The van der Waals surface area contributed by atoms with E-state index in [9.17, 15) is 0 Å². The Morgan fingerprint density at radius 3 is 2.62 bits per heavy atom. The molecule has 0 aromatic carbocycles. The van der Waals surface area contributed by atoms with Gasteiger partial charge in [-0.1, -0.05) is 6.92 Å². The maximum atomic E-state index is 3.64. The van der Waals surface area contributed by atoms with Crippen molar-refractivity contribution in [3.63, 3.8) is 0 Å². The Balaban J connectivity index is 2.00. The van der Waals surface area contributed by atoms with E-state index < -0.39 is 0 Å². The van der Waals surface area contributed by atoms with Crippen LogP contribution in [-0.2, 0) is 0 Å². The molecule has 0 spiro atoms. The van der Waals surface area contributed by atoms with Crippen molar-refractivity contribution in [1.82, 2.24) is 10.2 Å². The number of likely N-dealkylation sites (N-methyl/N-ethyl adjacent to an activating group) is 1. The number of piperidine rings is 2. The van der Waals surface area contributed by atoms with Gasteiger partial charge in [-0.3, -0.25) is 4.90 Å². The largest absolute Gasteiger partial charge is 0.312 e. The maximum Gasteiger partial charge on any atom is 0.0332 e. The lowest BCUT2D eigenvalue weighted by atomic mass is 9.64. The van der Waals surface area contributed by atoms with Gasteiger partial charge in [0.15, 0.2) is 0 Å². The first-order valence-corrected chi connectivity index (χ1v) is 5.61. The molecule has 2 heterocycles. The summed E-state index contributed by atoms with van der Waals surface area (Å²) in [5, 5.41) is 3.64. The van der Waals surface area contributed by atoms with Gasteiger partial charge in [-0.05, 0) is 45.7 Å². The molecule has 0 aromatic rings. The summed E-state index contributed by atoms with van der Waals surface area (Å²) in [6, 6.07) is 0.855. The third kappa shape index (κ3) is 1.40. The zero-order valence-electron chi connectivity index (χ0n) is 9.14. The topological polar surface area (TPSA) is 15.3 Å². The Hall–Kier alpha value is -0.0800. The average molecular weight is 182 g/mol. The van der Waals surface area contributed by atoms with E-state index in [-0.39, 0.29) is 0 Å². The Labute approximate surface area is 81.7 Å². The lowest BCUT2D eigenvalue weighted by Gasteiger charge is -2.57. The fraction of sp³-hybridized carbons (Fsp3) is 1.00. The van der Waals surface area contributed by atoms with Crippen LogP contribution in [0.25, 0.3) is 0 Å². The summed E-state index contributed by atoms with van der Waals surface area (Å²) in [4.78, 5) is 2.56. The average Bonchev–Trinajstić information content (AvgIpc) is 2.03. The van der Waals surface area contributed by atoms with Crippen molar-refractivity contribution in [2.24, 2.45) is 5.92 Å². The summed E-state index contributed by atoms with van der Waals surface area (Å²) in [6.07, 6.45) is 4.08. The number of nitrogens with one attached hydrogen (secondary N) is 1. The van der Waals surface area contributed by atoms with Crippen molar-refractivity contribution in [3.8, 4) is 0 Å². The molecule has 1 atom stereocenters. The predicted octanol–water partition coefficient (Wildman–Crippen LogP) is 1.47. The Morgan fingerprint density at radius 2 is 2.15 bits per heavy atom. The molecular formula is C11H22N2. The summed E-state index contributed by atoms with van der Waals surface area (Å²) in [6.45, 7) is 7.12. The summed E-state index contributed by atoms with van der Waals surface area (Å²) in [7, 11) is 2.28. The van der Waals surface area contributed by atoms with E-state index in [0.29, 0.717) is 5.54 Å². The lowest BCUT2D eigenvalue weighted by molar-refractivity contribution is -0.0304. The van der Waals surface area contributed by atoms with E-state index in [1.165, 1.54) is 32.4 Å². The quantitative estimate of drug-likeness (QED) is 0.711. The fourth-order valence-electron chi connectivity index (χ4n) is 2.83. The zero-order chi connectivity index (χ0) is 9.47. The molecule has 1 saturated carbocycles. The van der Waals surface area contributed by atoms with Crippen LogP contribution < -0.4 is 5.32 Å². The summed E-state index contributed by atoms with van der Waals surface area (Å²) in [5.41, 5.74) is 0.435. The molecule has 2 bridgehead atoms. The van der Waals surface area contributed by atoms with E-state index in [1.54, 1.807) is 0 Å². The van der Waals surface area contributed by atoms with Crippen LogP contribution in [0.3, 0.4) is 0 Å². The van der Waals surface area contributed by atoms with Crippen molar-refractivity contribution in [1.29, 1.82) is 0 Å². The highest BCUT2D eigenvalue weighted by Crippen LogP contribution is 2.43. The summed E-state index contributed by atoms with van der Waals surface area (Å²) in [5.74, 6) is 0.954. The van der Waals surface area contributed by atoms with Gasteiger partial charge in [0.05, 0.1) is 0 Å². The molecule has 2 heteroatoms. The van der Waals surface area contributed by atoms with Gasteiger partial charge in [0.1, 0.15) is 0 Å². The monoisotopic (exact) mass is 182 g/mol. The maximum absolute atomic E-state index is 3.64. The second-order valence-corrected chi connectivity index (χ2v) is 5.02. The molecule has 13 heavy (non-hydrogen) atoms. The molecule has 3 fully saturated rings. The zero-order valence-corrected chi connectivity index (χ0v) is 9.14. The molecule has 0 unspecified atom stereocenters. The van der Waals surface area contributed by atoms with Crippen LogP contribution in [0.4, 0.5) is 0 Å². The second kappa shape index (κ2) is 3.25. The first-order chi connectivity index (χ1) is 6.16. The molecule has 0 aromatic heterocycles. The first-order valence-electron chi connectivity index (χ1n) is 5.61. The van der Waals surface area contributed by atoms with Crippen molar-refractivity contribution in [2.75, 3.05) is 20.1 Å². The van der Waals surface area contributed by atoms with Crippen LogP contribution in [-0.4, -0.2) is 36.6 Å². The van der Waals surface area contributed by atoms with Gasteiger partial charge < -0.3 is 5.32 Å². The minimum Gasteiger partial charge on any atom is -0.312 e. The smallest absolute Gasteiger partial charge is 0.0332 e. The molecule has 0 amide bonds. The number of hydrogen-bond donors (Lipinski definition) is 1. The van der Waals surface area contributed by atoms with Crippen LogP contribution in [0.1, 0.15) is 33.1 Å². The fourth-order valence-corrected chi connectivity index (χ4v) is 2.83. The molecule has 0 radical (unpaired) electrons. The molecule has 2 nitrogen and oxygen atoms in total. The molecule has 76 valence electrons. The van der Waals surface area contributed by atoms with E-state index in [0.717, 1.165) is 12.0 Å². The number of nitrogens with zero attached hydrogens (tertiary/aromatic N) is 1. The van der Waals surface area contributed by atoms with Crippen molar-refractivity contribution in [2.45, 2.75) is 44.7 Å². The van der Waals surface area contributed by atoms with E-state index in [2.05, 4.69) is 31.1 Å².